The molecule has 2 aromatic rings. The molecule has 0 aliphatic rings. The van der Waals surface area contributed by atoms with Crippen LogP contribution in [0.25, 0.3) is 0 Å². The number of carbonyl (C=O) groups is 1. The monoisotopic (exact) mass is 306 g/mol. The van der Waals surface area contributed by atoms with E-state index < -0.39 is 0 Å². The number of carbonyl (C=O) groups excluding carboxylic acids is 1. The van der Waals surface area contributed by atoms with Gasteiger partial charge in [0.15, 0.2) is 6.61 Å². The molecular formula is C15H15ClN2O3. The topological polar surface area (TPSA) is 63.8 Å². The Hall–Kier alpha value is -2.27. The van der Waals surface area contributed by atoms with Crippen LogP contribution in [0.5, 0.6) is 5.75 Å². The Balaban J connectivity index is 1.86. The second-order valence-corrected chi connectivity index (χ2v) is 4.84. The summed E-state index contributed by atoms with van der Waals surface area (Å²) in [6.07, 6.45) is 1.54. The minimum absolute atomic E-state index is 0.128. The van der Waals surface area contributed by atoms with Gasteiger partial charge >= 0.3 is 0 Å². The predicted molar refractivity (Wildman–Crippen MR) is 80.7 cm³/mol. The van der Waals surface area contributed by atoms with Crippen molar-refractivity contribution >= 4 is 23.2 Å². The van der Waals surface area contributed by atoms with Gasteiger partial charge in [-0.3, -0.25) is 4.79 Å². The van der Waals surface area contributed by atoms with Crippen molar-refractivity contribution < 1.29 is 13.9 Å². The standard InChI is InChI=1S/C15H15ClN2O3/c1-10-8-12(16)5-6-13(10)21-9-15(19)18-17-11(2)14-4-3-7-20-14/h3-8H,9H2,1-2H3,(H,18,19)/b17-11+. The Morgan fingerprint density at radius 2 is 2.24 bits per heavy atom. The highest BCUT2D eigenvalue weighted by atomic mass is 35.5. The van der Waals surface area contributed by atoms with Crippen LogP contribution in [0.1, 0.15) is 18.2 Å². The zero-order valence-electron chi connectivity index (χ0n) is 11.7. The van der Waals surface area contributed by atoms with E-state index in [0.29, 0.717) is 22.2 Å². The van der Waals surface area contributed by atoms with Crippen LogP contribution in [0.4, 0.5) is 0 Å². The summed E-state index contributed by atoms with van der Waals surface area (Å²) >= 11 is 5.85. The molecule has 0 radical (unpaired) electrons. The number of nitrogens with zero attached hydrogens (tertiary/aromatic N) is 1. The van der Waals surface area contributed by atoms with E-state index in [0.717, 1.165) is 5.56 Å². The van der Waals surface area contributed by atoms with Crippen molar-refractivity contribution in [1.82, 2.24) is 5.43 Å². The first-order valence-corrected chi connectivity index (χ1v) is 6.70. The van der Waals surface area contributed by atoms with Gasteiger partial charge in [-0.15, -0.1) is 0 Å². The van der Waals surface area contributed by atoms with Crippen molar-refractivity contribution in [3.05, 3.63) is 52.9 Å². The Morgan fingerprint density at radius 1 is 1.43 bits per heavy atom. The maximum absolute atomic E-state index is 11.7. The van der Waals surface area contributed by atoms with Crippen molar-refractivity contribution in [2.75, 3.05) is 6.61 Å². The molecule has 0 aliphatic carbocycles. The quantitative estimate of drug-likeness (QED) is 0.681. The maximum atomic E-state index is 11.7. The molecule has 0 spiro atoms. The number of aryl methyl sites for hydroxylation is 1. The fraction of sp³-hybridized carbons (Fsp3) is 0.200. The molecule has 0 unspecified atom stereocenters. The number of benzene rings is 1. The van der Waals surface area contributed by atoms with E-state index in [9.17, 15) is 4.79 Å². The fourth-order valence-corrected chi connectivity index (χ4v) is 1.86. The van der Waals surface area contributed by atoms with Crippen LogP contribution < -0.4 is 10.2 Å². The van der Waals surface area contributed by atoms with Crippen LogP contribution in [-0.2, 0) is 4.79 Å². The summed E-state index contributed by atoms with van der Waals surface area (Å²) in [6, 6.07) is 8.72. The second-order valence-electron chi connectivity index (χ2n) is 4.41. The molecule has 2 rings (SSSR count). The maximum Gasteiger partial charge on any atom is 0.277 e. The van der Waals surface area contributed by atoms with Gasteiger partial charge in [0.2, 0.25) is 0 Å². The van der Waals surface area contributed by atoms with Crippen LogP contribution >= 0.6 is 11.6 Å². The van der Waals surface area contributed by atoms with Gasteiger partial charge in [-0.05, 0) is 49.7 Å². The average Bonchev–Trinajstić information content (AvgIpc) is 2.98. The molecule has 5 nitrogen and oxygen atoms in total. The number of furan rings is 1. The number of hydrogen-bond donors (Lipinski definition) is 1. The van der Waals surface area contributed by atoms with E-state index in [-0.39, 0.29) is 12.5 Å². The lowest BCUT2D eigenvalue weighted by Crippen LogP contribution is -2.25. The number of halogens is 1. The normalized spacial score (nSPS) is 11.3. The molecular weight excluding hydrogens is 292 g/mol. The number of nitrogens with one attached hydrogen (secondary N) is 1. The Bertz CT molecular complexity index is 651. The first kappa shape index (κ1) is 15.1. The van der Waals surface area contributed by atoms with Crippen LogP contribution in [0, 0.1) is 6.92 Å². The van der Waals surface area contributed by atoms with E-state index in [2.05, 4.69) is 10.5 Å². The minimum atomic E-state index is -0.352. The third kappa shape index (κ3) is 4.36. The number of amides is 1. The molecule has 6 heteroatoms. The lowest BCUT2D eigenvalue weighted by molar-refractivity contribution is -0.123. The van der Waals surface area contributed by atoms with Gasteiger partial charge in [0.05, 0.1) is 6.26 Å². The molecule has 1 N–H and O–H groups in total. The van der Waals surface area contributed by atoms with Crippen LogP contribution in [0.15, 0.2) is 46.1 Å². The molecule has 0 atom stereocenters. The molecule has 21 heavy (non-hydrogen) atoms. The molecule has 1 heterocycles. The molecule has 0 aliphatic heterocycles. The third-order valence-corrected chi connectivity index (χ3v) is 2.96. The predicted octanol–water partition coefficient (Wildman–Crippen LogP) is 3.16. The molecule has 0 bridgehead atoms. The number of ether oxygens (including phenoxy) is 1. The molecule has 0 saturated heterocycles. The Morgan fingerprint density at radius 3 is 2.90 bits per heavy atom. The lowest BCUT2D eigenvalue weighted by atomic mass is 10.2. The van der Waals surface area contributed by atoms with Crippen molar-refractivity contribution in [3.63, 3.8) is 0 Å². The van der Waals surface area contributed by atoms with Crippen molar-refractivity contribution in [2.24, 2.45) is 5.10 Å². The average molecular weight is 307 g/mol. The minimum Gasteiger partial charge on any atom is -0.483 e. The van der Waals surface area contributed by atoms with E-state index in [1.807, 2.05) is 6.92 Å². The van der Waals surface area contributed by atoms with Gasteiger partial charge in [-0.25, -0.2) is 5.43 Å². The van der Waals surface area contributed by atoms with Crippen molar-refractivity contribution in [1.29, 1.82) is 0 Å². The van der Waals surface area contributed by atoms with Gasteiger partial charge in [-0.1, -0.05) is 11.6 Å². The van der Waals surface area contributed by atoms with E-state index in [4.69, 9.17) is 20.8 Å². The summed E-state index contributed by atoms with van der Waals surface area (Å²) in [5, 5.41) is 4.57. The van der Waals surface area contributed by atoms with Gasteiger partial charge in [0.25, 0.3) is 5.91 Å². The zero-order chi connectivity index (χ0) is 15.2. The van der Waals surface area contributed by atoms with Gasteiger partial charge < -0.3 is 9.15 Å². The summed E-state index contributed by atoms with van der Waals surface area (Å²) in [5.74, 6) is 0.862. The van der Waals surface area contributed by atoms with E-state index in [1.165, 1.54) is 0 Å². The SMILES string of the molecule is C/C(=N\NC(=O)COc1ccc(Cl)cc1C)c1ccco1. The molecule has 0 fully saturated rings. The van der Waals surface area contributed by atoms with Crippen LogP contribution in [-0.4, -0.2) is 18.2 Å². The number of hydrogen-bond acceptors (Lipinski definition) is 4. The highest BCUT2D eigenvalue weighted by Gasteiger charge is 2.06. The Labute approximate surface area is 127 Å². The van der Waals surface area contributed by atoms with Gasteiger partial charge in [-0.2, -0.15) is 5.10 Å². The second kappa shape index (κ2) is 6.95. The first-order valence-electron chi connectivity index (χ1n) is 6.32. The summed E-state index contributed by atoms with van der Waals surface area (Å²) in [7, 11) is 0. The smallest absolute Gasteiger partial charge is 0.277 e. The molecule has 1 aromatic heterocycles. The van der Waals surface area contributed by atoms with E-state index >= 15 is 0 Å². The lowest BCUT2D eigenvalue weighted by Gasteiger charge is -2.08. The summed E-state index contributed by atoms with van der Waals surface area (Å²) < 4.78 is 10.6. The van der Waals surface area contributed by atoms with Crippen LogP contribution in [0.2, 0.25) is 5.02 Å². The number of hydrazone groups is 1. The highest BCUT2D eigenvalue weighted by Crippen LogP contribution is 2.21. The third-order valence-electron chi connectivity index (χ3n) is 2.72. The molecule has 1 amide bonds. The van der Waals surface area contributed by atoms with Gasteiger partial charge in [0.1, 0.15) is 17.2 Å². The summed E-state index contributed by atoms with van der Waals surface area (Å²) in [6.45, 7) is 3.47. The van der Waals surface area contributed by atoms with Crippen LogP contribution in [0.3, 0.4) is 0 Å². The zero-order valence-corrected chi connectivity index (χ0v) is 12.5. The first-order chi connectivity index (χ1) is 10.1. The number of rotatable bonds is 5. The molecule has 0 saturated carbocycles. The van der Waals surface area contributed by atoms with Crippen molar-refractivity contribution in [3.8, 4) is 5.75 Å². The molecule has 1 aromatic carbocycles. The van der Waals surface area contributed by atoms with E-state index in [1.54, 1.807) is 43.5 Å². The largest absolute Gasteiger partial charge is 0.483 e. The fourth-order valence-electron chi connectivity index (χ4n) is 1.64. The highest BCUT2D eigenvalue weighted by molar-refractivity contribution is 6.30. The Kier molecular flexibility index (Phi) is 5.00. The van der Waals surface area contributed by atoms with Gasteiger partial charge in [0, 0.05) is 5.02 Å². The van der Waals surface area contributed by atoms with Crippen molar-refractivity contribution in [2.45, 2.75) is 13.8 Å². The molecule has 110 valence electrons. The summed E-state index contributed by atoms with van der Waals surface area (Å²) in [5.41, 5.74) is 3.86. The summed E-state index contributed by atoms with van der Waals surface area (Å²) in [4.78, 5) is 11.7.